The van der Waals surface area contributed by atoms with Gasteiger partial charge >= 0.3 is 0 Å². The van der Waals surface area contributed by atoms with E-state index in [1.807, 2.05) is 4.68 Å². The first kappa shape index (κ1) is 16.6. The molecule has 1 aromatic heterocycles. The number of primary amides is 1. The van der Waals surface area contributed by atoms with Crippen LogP contribution in [0.4, 0.5) is 0 Å². The second kappa shape index (κ2) is 8.05. The lowest BCUT2D eigenvalue weighted by atomic mass is 10.2. The third kappa shape index (κ3) is 5.23. The third-order valence-corrected chi connectivity index (χ3v) is 3.31. The van der Waals surface area contributed by atoms with E-state index in [4.69, 9.17) is 15.2 Å². The van der Waals surface area contributed by atoms with Crippen molar-refractivity contribution in [3.63, 3.8) is 0 Å². The molecule has 2 N–H and O–H groups in total. The maximum atomic E-state index is 11.1. The lowest BCUT2D eigenvalue weighted by molar-refractivity contribution is -0.117. The molecule has 1 unspecified atom stereocenters. The summed E-state index contributed by atoms with van der Waals surface area (Å²) in [6, 6.07) is 0. The van der Waals surface area contributed by atoms with E-state index in [-0.39, 0.29) is 12.5 Å². The van der Waals surface area contributed by atoms with Crippen LogP contribution in [0.2, 0.25) is 0 Å². The van der Waals surface area contributed by atoms with Gasteiger partial charge < -0.3 is 15.2 Å². The number of carbonyl (C=O) groups excluding carboxylic acids is 1. The summed E-state index contributed by atoms with van der Waals surface area (Å²) in [6.45, 7) is 6.50. The summed E-state index contributed by atoms with van der Waals surface area (Å²) in [7, 11) is 0. The monoisotopic (exact) mass is 308 g/mol. The summed E-state index contributed by atoms with van der Waals surface area (Å²) in [5.74, 6) is 0.893. The van der Waals surface area contributed by atoms with Gasteiger partial charge in [-0.25, -0.2) is 9.67 Å². The molecule has 1 aliphatic heterocycles. The smallest absolute Gasteiger partial charge is 0.225 e. The molecule has 0 radical (unpaired) electrons. The van der Waals surface area contributed by atoms with Crippen LogP contribution in [0, 0.1) is 0 Å². The van der Waals surface area contributed by atoms with Gasteiger partial charge in [0.25, 0.3) is 0 Å². The minimum atomic E-state index is -0.426. The van der Waals surface area contributed by atoms with Crippen LogP contribution in [-0.4, -0.2) is 46.6 Å². The Morgan fingerprint density at radius 3 is 2.91 bits per heavy atom. The van der Waals surface area contributed by atoms with E-state index < -0.39 is 5.91 Å². The molecule has 0 spiro atoms. The average molecular weight is 308 g/mol. The minimum Gasteiger partial charge on any atom is -0.376 e. The van der Waals surface area contributed by atoms with Crippen LogP contribution in [-0.2, 0) is 33.7 Å². The number of hydrogen-bond donors (Lipinski definition) is 1. The van der Waals surface area contributed by atoms with E-state index in [2.05, 4.69) is 30.0 Å². The van der Waals surface area contributed by atoms with Crippen molar-refractivity contribution in [3.05, 3.63) is 23.3 Å². The van der Waals surface area contributed by atoms with Gasteiger partial charge in [0, 0.05) is 6.42 Å². The van der Waals surface area contributed by atoms with Crippen molar-refractivity contribution in [2.24, 2.45) is 5.73 Å². The van der Waals surface area contributed by atoms with Gasteiger partial charge in [-0.05, 0) is 20.3 Å². The van der Waals surface area contributed by atoms with Crippen molar-refractivity contribution in [1.29, 1.82) is 0 Å². The molecule has 0 aliphatic carbocycles. The van der Waals surface area contributed by atoms with Crippen molar-refractivity contribution < 1.29 is 14.3 Å². The van der Waals surface area contributed by atoms with Gasteiger partial charge in [0.15, 0.2) is 5.82 Å². The molecule has 1 aromatic rings. The molecule has 0 saturated carbocycles. The molecule has 1 atom stereocenters. The van der Waals surface area contributed by atoms with E-state index in [0.717, 1.165) is 18.7 Å². The number of allylic oxidation sites excluding steroid dienone is 2. The van der Waals surface area contributed by atoms with Crippen LogP contribution in [0.15, 0.2) is 11.6 Å². The SMILES string of the molecule is CC(C)=CCCc1nc(CC(N)=O)nn1CC1COCCO1. The number of aromatic nitrogens is 3. The van der Waals surface area contributed by atoms with E-state index in [0.29, 0.717) is 32.2 Å². The second-order valence-corrected chi connectivity index (χ2v) is 5.66. The molecule has 1 aliphatic rings. The summed E-state index contributed by atoms with van der Waals surface area (Å²) >= 11 is 0. The molecular formula is C15H24N4O3. The summed E-state index contributed by atoms with van der Waals surface area (Å²) < 4.78 is 12.9. The van der Waals surface area contributed by atoms with Crippen molar-refractivity contribution in [2.45, 2.75) is 45.8 Å². The van der Waals surface area contributed by atoms with Gasteiger partial charge in [-0.15, -0.1) is 0 Å². The van der Waals surface area contributed by atoms with E-state index in [1.54, 1.807) is 0 Å². The predicted molar refractivity (Wildman–Crippen MR) is 81.2 cm³/mol. The van der Waals surface area contributed by atoms with Crippen molar-refractivity contribution in [3.8, 4) is 0 Å². The number of aryl methyl sites for hydroxylation is 1. The van der Waals surface area contributed by atoms with Crippen LogP contribution in [0.1, 0.15) is 31.9 Å². The van der Waals surface area contributed by atoms with Crippen molar-refractivity contribution >= 4 is 5.91 Å². The van der Waals surface area contributed by atoms with Gasteiger partial charge in [0.05, 0.1) is 32.8 Å². The topological polar surface area (TPSA) is 92.3 Å². The molecule has 0 bridgehead atoms. The Morgan fingerprint density at radius 2 is 2.27 bits per heavy atom. The van der Waals surface area contributed by atoms with Crippen molar-refractivity contribution in [2.75, 3.05) is 19.8 Å². The second-order valence-electron chi connectivity index (χ2n) is 5.66. The molecule has 7 heteroatoms. The maximum absolute atomic E-state index is 11.1. The van der Waals surface area contributed by atoms with E-state index in [9.17, 15) is 4.79 Å². The fourth-order valence-corrected chi connectivity index (χ4v) is 2.31. The Morgan fingerprint density at radius 1 is 1.45 bits per heavy atom. The summed E-state index contributed by atoms with van der Waals surface area (Å²) in [4.78, 5) is 15.5. The summed E-state index contributed by atoms with van der Waals surface area (Å²) in [5.41, 5.74) is 6.50. The van der Waals surface area contributed by atoms with Crippen LogP contribution in [0.25, 0.3) is 0 Å². The predicted octanol–water partition coefficient (Wildman–Crippen LogP) is 0.620. The first-order chi connectivity index (χ1) is 10.5. The van der Waals surface area contributed by atoms with Gasteiger partial charge in [0.1, 0.15) is 11.9 Å². The lowest BCUT2D eigenvalue weighted by Gasteiger charge is -2.23. The fraction of sp³-hybridized carbons (Fsp3) is 0.667. The molecule has 2 rings (SSSR count). The van der Waals surface area contributed by atoms with Gasteiger partial charge in [-0.3, -0.25) is 4.79 Å². The first-order valence-electron chi connectivity index (χ1n) is 7.58. The van der Waals surface area contributed by atoms with Crippen LogP contribution >= 0.6 is 0 Å². The summed E-state index contributed by atoms with van der Waals surface area (Å²) in [5, 5.41) is 4.39. The Hall–Kier alpha value is -1.73. The standard InChI is InChI=1S/C15H24N4O3/c1-11(2)4-3-5-15-17-14(8-13(16)20)18-19(15)9-12-10-21-6-7-22-12/h4,12H,3,5-10H2,1-2H3,(H2,16,20). The highest BCUT2D eigenvalue weighted by molar-refractivity contribution is 5.75. The molecule has 122 valence electrons. The zero-order valence-electron chi connectivity index (χ0n) is 13.2. The summed E-state index contributed by atoms with van der Waals surface area (Å²) in [6.07, 6.45) is 3.85. The Bertz CT molecular complexity index is 529. The number of amides is 1. The normalized spacial score (nSPS) is 18.2. The van der Waals surface area contributed by atoms with Crippen molar-refractivity contribution in [1.82, 2.24) is 14.8 Å². The van der Waals surface area contributed by atoms with Crippen LogP contribution < -0.4 is 5.73 Å². The highest BCUT2D eigenvalue weighted by Gasteiger charge is 2.19. The number of nitrogens with zero attached hydrogens (tertiary/aromatic N) is 3. The zero-order valence-corrected chi connectivity index (χ0v) is 13.2. The molecule has 7 nitrogen and oxygen atoms in total. The quantitative estimate of drug-likeness (QED) is 0.745. The van der Waals surface area contributed by atoms with Gasteiger partial charge in [-0.2, -0.15) is 5.10 Å². The van der Waals surface area contributed by atoms with E-state index >= 15 is 0 Å². The maximum Gasteiger partial charge on any atom is 0.225 e. The lowest BCUT2D eigenvalue weighted by Crippen LogP contribution is -2.33. The molecule has 1 fully saturated rings. The van der Waals surface area contributed by atoms with Crippen LogP contribution in [0.5, 0.6) is 0 Å². The molecule has 1 saturated heterocycles. The molecule has 22 heavy (non-hydrogen) atoms. The number of ether oxygens (including phenoxy) is 2. The number of rotatable bonds is 7. The zero-order chi connectivity index (χ0) is 15.9. The number of hydrogen-bond acceptors (Lipinski definition) is 5. The Balaban J connectivity index is 2.07. The van der Waals surface area contributed by atoms with Gasteiger partial charge in [0.2, 0.25) is 5.91 Å². The highest BCUT2D eigenvalue weighted by Crippen LogP contribution is 2.09. The van der Waals surface area contributed by atoms with E-state index in [1.165, 1.54) is 5.57 Å². The fourth-order valence-electron chi connectivity index (χ4n) is 2.31. The Labute approximate surface area is 130 Å². The highest BCUT2D eigenvalue weighted by atomic mass is 16.6. The third-order valence-electron chi connectivity index (χ3n) is 3.31. The molecule has 2 heterocycles. The van der Waals surface area contributed by atoms with Crippen LogP contribution in [0.3, 0.4) is 0 Å². The number of nitrogens with two attached hydrogens (primary N) is 1. The first-order valence-corrected chi connectivity index (χ1v) is 7.58. The molecular weight excluding hydrogens is 284 g/mol. The molecule has 1 amide bonds. The average Bonchev–Trinajstić information content (AvgIpc) is 2.80. The largest absolute Gasteiger partial charge is 0.376 e. The van der Waals surface area contributed by atoms with Gasteiger partial charge in [-0.1, -0.05) is 11.6 Å². The Kier molecular flexibility index (Phi) is 6.09. The number of carbonyl (C=O) groups is 1. The minimum absolute atomic E-state index is 0.0286. The molecule has 0 aromatic carbocycles.